The van der Waals surface area contributed by atoms with Crippen molar-refractivity contribution in [1.29, 1.82) is 10.5 Å². The Morgan fingerprint density at radius 2 is 1.21 bits per heavy atom. The minimum Gasteiger partial charge on any atom is -0.398 e. The maximum atomic E-state index is 8.92. The molecule has 14 heavy (non-hydrogen) atoms. The predicted molar refractivity (Wildman–Crippen MR) is 54.5 cm³/mol. The highest BCUT2D eigenvalue weighted by molar-refractivity contribution is 5.68. The highest BCUT2D eigenvalue weighted by Gasteiger charge is 2.14. The van der Waals surface area contributed by atoms with Gasteiger partial charge in [-0.2, -0.15) is 10.5 Å². The molecule has 0 radical (unpaired) electrons. The van der Waals surface area contributed by atoms with Gasteiger partial charge in [-0.25, -0.2) is 0 Å². The zero-order valence-corrected chi connectivity index (χ0v) is 8.47. The smallest absolute Gasteiger partial charge is 0.0998 e. The van der Waals surface area contributed by atoms with Gasteiger partial charge in [0, 0.05) is 5.69 Å². The van der Waals surface area contributed by atoms with Crippen LogP contribution in [0.5, 0.6) is 0 Å². The van der Waals surface area contributed by atoms with E-state index in [4.69, 9.17) is 16.3 Å². The van der Waals surface area contributed by atoms with Crippen LogP contribution in [0.25, 0.3) is 0 Å². The second-order valence-electron chi connectivity index (χ2n) is 3.26. The topological polar surface area (TPSA) is 73.6 Å². The van der Waals surface area contributed by atoms with Crippen LogP contribution in [0.3, 0.4) is 0 Å². The first-order valence-electron chi connectivity index (χ1n) is 4.24. The van der Waals surface area contributed by atoms with E-state index in [0.717, 1.165) is 16.7 Å². The molecule has 0 spiro atoms. The highest BCUT2D eigenvalue weighted by atomic mass is 14.6. The maximum Gasteiger partial charge on any atom is 0.0998 e. The molecule has 0 saturated carbocycles. The van der Waals surface area contributed by atoms with Gasteiger partial charge in [0.25, 0.3) is 0 Å². The standard InChI is InChI=1S/C11H11N3/c1-6-9(4-12)7(2)11(14)8(3)10(6)5-13/h14H2,1-3H3. The molecule has 0 bridgehead atoms. The van der Waals surface area contributed by atoms with Gasteiger partial charge in [0.15, 0.2) is 0 Å². The normalized spacial score (nSPS) is 9.21. The van der Waals surface area contributed by atoms with Crippen molar-refractivity contribution in [3.8, 4) is 12.1 Å². The third-order valence-electron chi connectivity index (χ3n) is 2.53. The first-order chi connectivity index (χ1) is 6.54. The van der Waals surface area contributed by atoms with Crippen molar-refractivity contribution in [3.63, 3.8) is 0 Å². The van der Waals surface area contributed by atoms with Gasteiger partial charge in [-0.05, 0) is 37.5 Å². The molecule has 0 aromatic heterocycles. The summed E-state index contributed by atoms with van der Waals surface area (Å²) >= 11 is 0. The number of rotatable bonds is 0. The van der Waals surface area contributed by atoms with Crippen molar-refractivity contribution in [2.45, 2.75) is 20.8 Å². The Kier molecular flexibility index (Phi) is 2.45. The van der Waals surface area contributed by atoms with E-state index in [1.807, 2.05) is 0 Å². The molecule has 0 aliphatic rings. The fourth-order valence-electron chi connectivity index (χ4n) is 1.57. The number of benzene rings is 1. The molecule has 0 unspecified atom stereocenters. The molecule has 1 aromatic carbocycles. The summed E-state index contributed by atoms with van der Waals surface area (Å²) < 4.78 is 0. The van der Waals surface area contributed by atoms with Crippen LogP contribution in [-0.2, 0) is 0 Å². The van der Waals surface area contributed by atoms with Crippen molar-refractivity contribution < 1.29 is 0 Å². The lowest BCUT2D eigenvalue weighted by Gasteiger charge is -2.11. The van der Waals surface area contributed by atoms with E-state index in [1.165, 1.54) is 0 Å². The van der Waals surface area contributed by atoms with Crippen LogP contribution in [0.15, 0.2) is 0 Å². The average Bonchev–Trinajstić information content (AvgIpc) is 2.16. The quantitative estimate of drug-likeness (QED) is 0.627. The first-order valence-corrected chi connectivity index (χ1v) is 4.24. The van der Waals surface area contributed by atoms with Gasteiger partial charge >= 0.3 is 0 Å². The summed E-state index contributed by atoms with van der Waals surface area (Å²) in [6.45, 7) is 5.38. The van der Waals surface area contributed by atoms with E-state index < -0.39 is 0 Å². The number of nitrogen functional groups attached to an aromatic ring is 1. The molecule has 70 valence electrons. The summed E-state index contributed by atoms with van der Waals surface area (Å²) in [6.07, 6.45) is 0. The molecular weight excluding hydrogens is 174 g/mol. The number of nitriles is 2. The Labute approximate surface area is 83.4 Å². The molecule has 0 heterocycles. The second-order valence-corrected chi connectivity index (χ2v) is 3.26. The lowest BCUT2D eigenvalue weighted by Crippen LogP contribution is -2.03. The van der Waals surface area contributed by atoms with Gasteiger partial charge in [-0.1, -0.05) is 0 Å². The van der Waals surface area contributed by atoms with Gasteiger partial charge in [0.05, 0.1) is 23.3 Å². The molecule has 0 saturated heterocycles. The molecule has 0 fully saturated rings. The SMILES string of the molecule is Cc1c(N)c(C)c(C#N)c(C)c1C#N. The number of nitrogens with two attached hydrogens (primary N) is 1. The fourth-order valence-corrected chi connectivity index (χ4v) is 1.57. The van der Waals surface area contributed by atoms with E-state index in [1.54, 1.807) is 20.8 Å². The van der Waals surface area contributed by atoms with E-state index >= 15 is 0 Å². The fraction of sp³-hybridized carbons (Fsp3) is 0.273. The Bertz CT molecular complexity index is 432. The van der Waals surface area contributed by atoms with Gasteiger partial charge < -0.3 is 5.73 Å². The zero-order valence-electron chi connectivity index (χ0n) is 8.47. The van der Waals surface area contributed by atoms with Crippen LogP contribution in [0.2, 0.25) is 0 Å². The molecule has 0 amide bonds. The molecular formula is C11H11N3. The summed E-state index contributed by atoms with van der Waals surface area (Å²) in [7, 11) is 0. The predicted octanol–water partition coefficient (Wildman–Crippen LogP) is 1.94. The van der Waals surface area contributed by atoms with Crippen molar-refractivity contribution in [2.75, 3.05) is 5.73 Å². The maximum absolute atomic E-state index is 8.92. The monoisotopic (exact) mass is 185 g/mol. The molecule has 3 heteroatoms. The van der Waals surface area contributed by atoms with Gasteiger partial charge in [-0.3, -0.25) is 0 Å². The molecule has 0 aliphatic carbocycles. The van der Waals surface area contributed by atoms with Crippen molar-refractivity contribution >= 4 is 5.69 Å². The zero-order chi connectivity index (χ0) is 10.9. The number of anilines is 1. The van der Waals surface area contributed by atoms with Crippen LogP contribution in [-0.4, -0.2) is 0 Å². The second kappa shape index (κ2) is 3.40. The van der Waals surface area contributed by atoms with Gasteiger partial charge in [-0.15, -0.1) is 0 Å². The number of hydrogen-bond donors (Lipinski definition) is 1. The van der Waals surface area contributed by atoms with Crippen LogP contribution in [0.1, 0.15) is 27.8 Å². The molecule has 1 aromatic rings. The summed E-state index contributed by atoms with van der Waals surface area (Å²) in [5, 5.41) is 17.8. The van der Waals surface area contributed by atoms with Crippen LogP contribution in [0.4, 0.5) is 5.69 Å². The highest BCUT2D eigenvalue weighted by Crippen LogP contribution is 2.27. The molecule has 0 atom stereocenters. The van der Waals surface area contributed by atoms with E-state index in [0.29, 0.717) is 16.8 Å². The Balaban J connectivity index is 3.78. The molecule has 3 nitrogen and oxygen atoms in total. The third-order valence-corrected chi connectivity index (χ3v) is 2.53. The van der Waals surface area contributed by atoms with Crippen LogP contribution < -0.4 is 5.73 Å². The summed E-state index contributed by atoms with van der Waals surface area (Å²) in [5.74, 6) is 0. The van der Waals surface area contributed by atoms with E-state index in [-0.39, 0.29) is 0 Å². The van der Waals surface area contributed by atoms with Crippen molar-refractivity contribution in [1.82, 2.24) is 0 Å². The van der Waals surface area contributed by atoms with Gasteiger partial charge in [0.1, 0.15) is 0 Å². The van der Waals surface area contributed by atoms with Crippen molar-refractivity contribution in [3.05, 3.63) is 27.8 Å². The molecule has 1 rings (SSSR count). The van der Waals surface area contributed by atoms with Crippen LogP contribution >= 0.6 is 0 Å². The lowest BCUT2D eigenvalue weighted by molar-refractivity contribution is 1.25. The Morgan fingerprint density at radius 3 is 1.50 bits per heavy atom. The third kappa shape index (κ3) is 1.20. The summed E-state index contributed by atoms with van der Waals surface area (Å²) in [5.41, 5.74) is 9.63. The Hall–Kier alpha value is -2.00. The first kappa shape index (κ1) is 10.1. The molecule has 2 N–H and O–H groups in total. The average molecular weight is 185 g/mol. The van der Waals surface area contributed by atoms with E-state index in [2.05, 4.69) is 12.1 Å². The Morgan fingerprint density at radius 1 is 0.857 bits per heavy atom. The summed E-state index contributed by atoms with van der Waals surface area (Å²) in [6, 6.07) is 4.15. The lowest BCUT2D eigenvalue weighted by atomic mass is 9.93. The number of hydrogen-bond acceptors (Lipinski definition) is 3. The number of nitrogens with zero attached hydrogens (tertiary/aromatic N) is 2. The minimum atomic E-state index is 0.518. The van der Waals surface area contributed by atoms with E-state index in [9.17, 15) is 0 Å². The molecule has 0 aliphatic heterocycles. The van der Waals surface area contributed by atoms with Crippen LogP contribution in [0, 0.1) is 43.4 Å². The van der Waals surface area contributed by atoms with Crippen molar-refractivity contribution in [2.24, 2.45) is 0 Å². The van der Waals surface area contributed by atoms with Gasteiger partial charge in [0.2, 0.25) is 0 Å². The minimum absolute atomic E-state index is 0.518. The summed E-state index contributed by atoms with van der Waals surface area (Å²) in [4.78, 5) is 0. The largest absolute Gasteiger partial charge is 0.398 e.